The zero-order chi connectivity index (χ0) is 19.1. The highest BCUT2D eigenvalue weighted by molar-refractivity contribution is 6.31. The normalized spacial score (nSPS) is 11.5. The van der Waals surface area contributed by atoms with Crippen LogP contribution in [0.1, 0.15) is 18.1 Å². The minimum absolute atomic E-state index is 0.158. The number of carbonyl (C=O) groups is 2. The van der Waals surface area contributed by atoms with E-state index in [0.29, 0.717) is 10.8 Å². The van der Waals surface area contributed by atoms with Crippen LogP contribution in [0.15, 0.2) is 48.5 Å². The third kappa shape index (κ3) is 5.23. The third-order valence-electron chi connectivity index (χ3n) is 4.10. The number of hydrogen-bond donors (Lipinski definition) is 1. The van der Waals surface area contributed by atoms with E-state index in [4.69, 9.17) is 16.3 Å². The van der Waals surface area contributed by atoms with Crippen molar-refractivity contribution < 1.29 is 14.3 Å². The summed E-state index contributed by atoms with van der Waals surface area (Å²) in [5, 5.41) is 3.12. The molecule has 0 heterocycles. The predicted molar refractivity (Wildman–Crippen MR) is 102 cm³/mol. The lowest BCUT2D eigenvalue weighted by atomic mass is 10.1. The van der Waals surface area contributed by atoms with Gasteiger partial charge in [-0.3, -0.25) is 9.59 Å². The minimum atomic E-state index is -0.648. The summed E-state index contributed by atoms with van der Waals surface area (Å²) >= 11 is 6.21. The number of nitrogens with zero attached hydrogens (tertiary/aromatic N) is 1. The van der Waals surface area contributed by atoms with Gasteiger partial charge in [0.2, 0.25) is 5.91 Å². The summed E-state index contributed by atoms with van der Waals surface area (Å²) in [4.78, 5) is 26.3. The van der Waals surface area contributed by atoms with Gasteiger partial charge in [-0.15, -0.1) is 0 Å². The summed E-state index contributed by atoms with van der Waals surface area (Å²) in [6, 6.07) is 14.0. The predicted octanol–water partition coefficient (Wildman–Crippen LogP) is 3.19. The average Bonchev–Trinajstić information content (AvgIpc) is 2.65. The standard InChI is InChI=1S/C20H23ClN2O3/c1-14-8-10-17(11-9-14)26-13-19(24)23(15(2)20(25)22-3)12-16-6-4-5-7-18(16)21/h4-11,15H,12-13H2,1-3H3,(H,22,25). The molecule has 138 valence electrons. The second-order valence-electron chi connectivity index (χ2n) is 6.01. The summed E-state index contributed by atoms with van der Waals surface area (Å²) in [5.41, 5.74) is 1.88. The van der Waals surface area contributed by atoms with E-state index in [2.05, 4.69) is 5.32 Å². The Bertz CT molecular complexity index is 762. The van der Waals surface area contributed by atoms with E-state index in [1.165, 1.54) is 4.90 Å². The fourth-order valence-electron chi connectivity index (χ4n) is 2.46. The van der Waals surface area contributed by atoms with Gasteiger partial charge in [0.05, 0.1) is 0 Å². The van der Waals surface area contributed by atoms with E-state index in [1.54, 1.807) is 20.0 Å². The third-order valence-corrected chi connectivity index (χ3v) is 4.46. The first-order chi connectivity index (χ1) is 12.4. The molecule has 1 unspecified atom stereocenters. The van der Waals surface area contributed by atoms with Crippen molar-refractivity contribution >= 4 is 23.4 Å². The largest absolute Gasteiger partial charge is 0.484 e. The maximum absolute atomic E-state index is 12.7. The Kier molecular flexibility index (Phi) is 7.04. The Morgan fingerprint density at radius 2 is 1.81 bits per heavy atom. The number of carbonyl (C=O) groups excluding carboxylic acids is 2. The zero-order valence-electron chi connectivity index (χ0n) is 15.2. The van der Waals surface area contributed by atoms with Gasteiger partial charge in [-0.2, -0.15) is 0 Å². The van der Waals surface area contributed by atoms with Crippen LogP contribution >= 0.6 is 11.6 Å². The lowest BCUT2D eigenvalue weighted by molar-refractivity contribution is -0.142. The number of benzene rings is 2. The Balaban J connectivity index is 2.13. The van der Waals surface area contributed by atoms with E-state index in [1.807, 2.05) is 49.4 Å². The monoisotopic (exact) mass is 374 g/mol. The molecule has 6 heteroatoms. The number of hydrogen-bond acceptors (Lipinski definition) is 3. The second kappa shape index (κ2) is 9.25. The van der Waals surface area contributed by atoms with Crippen LogP contribution in [-0.2, 0) is 16.1 Å². The van der Waals surface area contributed by atoms with Crippen molar-refractivity contribution in [2.24, 2.45) is 0 Å². The number of halogens is 1. The number of likely N-dealkylation sites (N-methyl/N-ethyl adjacent to an activating group) is 1. The molecule has 0 saturated heterocycles. The molecule has 0 bridgehead atoms. The van der Waals surface area contributed by atoms with Crippen molar-refractivity contribution in [2.75, 3.05) is 13.7 Å². The van der Waals surface area contributed by atoms with Gasteiger partial charge in [0, 0.05) is 18.6 Å². The lowest BCUT2D eigenvalue weighted by Crippen LogP contribution is -2.48. The summed E-state index contributed by atoms with van der Waals surface area (Å²) in [6.07, 6.45) is 0. The van der Waals surface area contributed by atoms with Crippen molar-refractivity contribution in [1.82, 2.24) is 10.2 Å². The minimum Gasteiger partial charge on any atom is -0.484 e. The highest BCUT2D eigenvalue weighted by Crippen LogP contribution is 2.19. The molecule has 1 N–H and O–H groups in total. The van der Waals surface area contributed by atoms with Crippen LogP contribution in [0.25, 0.3) is 0 Å². The molecule has 0 aliphatic heterocycles. The van der Waals surface area contributed by atoms with Crippen molar-refractivity contribution in [2.45, 2.75) is 26.4 Å². The van der Waals surface area contributed by atoms with Gasteiger partial charge in [-0.25, -0.2) is 0 Å². The molecule has 2 aromatic rings. The molecule has 0 radical (unpaired) electrons. The number of aryl methyl sites for hydroxylation is 1. The fourth-order valence-corrected chi connectivity index (χ4v) is 2.66. The first kappa shape index (κ1) is 19.8. The molecule has 2 amide bonds. The zero-order valence-corrected chi connectivity index (χ0v) is 15.9. The fraction of sp³-hybridized carbons (Fsp3) is 0.300. The van der Waals surface area contributed by atoms with E-state index in [0.717, 1.165) is 11.1 Å². The molecule has 5 nitrogen and oxygen atoms in total. The molecule has 0 fully saturated rings. The van der Waals surface area contributed by atoms with Gasteiger partial charge in [0.25, 0.3) is 5.91 Å². The number of amides is 2. The molecule has 0 aliphatic carbocycles. The van der Waals surface area contributed by atoms with Crippen molar-refractivity contribution in [3.63, 3.8) is 0 Å². The van der Waals surface area contributed by atoms with Gasteiger partial charge in [-0.05, 0) is 37.6 Å². The first-order valence-electron chi connectivity index (χ1n) is 8.36. The van der Waals surface area contributed by atoms with Crippen molar-refractivity contribution in [3.05, 3.63) is 64.7 Å². The molecule has 0 aromatic heterocycles. The van der Waals surface area contributed by atoms with Crippen LogP contribution in [-0.4, -0.2) is 36.4 Å². The molecule has 0 saturated carbocycles. The summed E-state index contributed by atoms with van der Waals surface area (Å²) in [6.45, 7) is 3.73. The maximum Gasteiger partial charge on any atom is 0.261 e. The Labute approximate surface area is 158 Å². The van der Waals surface area contributed by atoms with Crippen LogP contribution < -0.4 is 10.1 Å². The quantitative estimate of drug-likeness (QED) is 0.809. The van der Waals surface area contributed by atoms with Crippen LogP contribution in [0.3, 0.4) is 0 Å². The highest BCUT2D eigenvalue weighted by Gasteiger charge is 2.26. The maximum atomic E-state index is 12.7. The molecule has 26 heavy (non-hydrogen) atoms. The van der Waals surface area contributed by atoms with E-state index < -0.39 is 6.04 Å². The van der Waals surface area contributed by atoms with Crippen molar-refractivity contribution in [1.29, 1.82) is 0 Å². The summed E-state index contributed by atoms with van der Waals surface area (Å²) in [5.74, 6) is 0.0663. The number of nitrogens with one attached hydrogen (secondary N) is 1. The molecule has 0 spiro atoms. The first-order valence-corrected chi connectivity index (χ1v) is 8.74. The van der Waals surface area contributed by atoms with E-state index >= 15 is 0 Å². The van der Waals surface area contributed by atoms with E-state index in [-0.39, 0.29) is 25.0 Å². The van der Waals surface area contributed by atoms with Crippen LogP contribution in [0.4, 0.5) is 0 Å². The van der Waals surface area contributed by atoms with Gasteiger partial charge >= 0.3 is 0 Å². The Hall–Kier alpha value is -2.53. The van der Waals surface area contributed by atoms with Crippen LogP contribution in [0, 0.1) is 6.92 Å². The van der Waals surface area contributed by atoms with Gasteiger partial charge in [0.1, 0.15) is 11.8 Å². The van der Waals surface area contributed by atoms with Crippen molar-refractivity contribution in [3.8, 4) is 5.75 Å². The van der Waals surface area contributed by atoms with E-state index in [9.17, 15) is 9.59 Å². The number of rotatable bonds is 7. The van der Waals surface area contributed by atoms with Gasteiger partial charge in [0.15, 0.2) is 6.61 Å². The highest BCUT2D eigenvalue weighted by atomic mass is 35.5. The molecular formula is C20H23ClN2O3. The second-order valence-corrected chi connectivity index (χ2v) is 6.41. The molecule has 1 atom stereocenters. The molecule has 2 aromatic carbocycles. The molecule has 0 aliphatic rings. The van der Waals surface area contributed by atoms with Crippen LogP contribution in [0.2, 0.25) is 5.02 Å². The summed E-state index contributed by atoms with van der Waals surface area (Å²) in [7, 11) is 1.54. The van der Waals surface area contributed by atoms with Gasteiger partial charge < -0.3 is 15.0 Å². The lowest BCUT2D eigenvalue weighted by Gasteiger charge is -2.28. The SMILES string of the molecule is CNC(=O)C(C)N(Cc1ccccc1Cl)C(=O)COc1ccc(C)cc1. The number of ether oxygens (including phenoxy) is 1. The smallest absolute Gasteiger partial charge is 0.261 e. The summed E-state index contributed by atoms with van der Waals surface area (Å²) < 4.78 is 5.58. The van der Waals surface area contributed by atoms with Crippen LogP contribution in [0.5, 0.6) is 5.75 Å². The average molecular weight is 375 g/mol. The Morgan fingerprint density at radius 1 is 1.15 bits per heavy atom. The molecule has 2 rings (SSSR count). The Morgan fingerprint density at radius 3 is 2.42 bits per heavy atom. The van der Waals surface area contributed by atoms with Gasteiger partial charge in [-0.1, -0.05) is 47.5 Å². The molecular weight excluding hydrogens is 352 g/mol. The topological polar surface area (TPSA) is 58.6 Å².